The van der Waals surface area contributed by atoms with Crippen LogP contribution in [0.3, 0.4) is 0 Å². The number of aryl methyl sites for hydroxylation is 1. The molecule has 1 aliphatic carbocycles. The number of anilines is 1. The summed E-state index contributed by atoms with van der Waals surface area (Å²) in [5.74, 6) is -3.09. The average Bonchev–Trinajstić information content (AvgIpc) is 3.24. The lowest BCUT2D eigenvalue weighted by molar-refractivity contribution is -0.160. The van der Waals surface area contributed by atoms with Gasteiger partial charge in [0.25, 0.3) is 0 Å². The van der Waals surface area contributed by atoms with Crippen LogP contribution in [0.4, 0.5) is 27.6 Å². The maximum atomic E-state index is 16.0. The summed E-state index contributed by atoms with van der Waals surface area (Å²) in [5.41, 5.74) is 1.09. The number of allylic oxidation sites excluding steroid dienone is 3. The molecule has 2 N–H and O–H groups in total. The van der Waals surface area contributed by atoms with Crippen molar-refractivity contribution in [1.29, 1.82) is 0 Å². The molecule has 1 aliphatic rings. The summed E-state index contributed by atoms with van der Waals surface area (Å²) in [7, 11) is 0. The van der Waals surface area contributed by atoms with Gasteiger partial charge < -0.3 is 10.3 Å². The van der Waals surface area contributed by atoms with E-state index >= 15 is 8.78 Å². The highest BCUT2D eigenvalue weighted by Gasteiger charge is 2.39. The minimum atomic E-state index is -4.34. The maximum Gasteiger partial charge on any atom is 0.395 e. The molecule has 0 bridgehead atoms. The largest absolute Gasteiger partial charge is 0.395 e. The molecule has 2 heterocycles. The van der Waals surface area contributed by atoms with Gasteiger partial charge in [-0.25, -0.2) is 13.8 Å². The average molecular weight is 510 g/mol. The second-order valence-corrected chi connectivity index (χ2v) is 9.46. The zero-order chi connectivity index (χ0) is 25.5. The molecule has 3 aromatic rings. The van der Waals surface area contributed by atoms with Crippen LogP contribution in [0.15, 0.2) is 48.5 Å². The summed E-state index contributed by atoms with van der Waals surface area (Å²) >= 11 is 6.31. The number of aromatic nitrogens is 2. The zero-order valence-corrected chi connectivity index (χ0v) is 20.2. The van der Waals surface area contributed by atoms with Crippen LogP contribution in [0.25, 0.3) is 11.0 Å². The molecule has 0 saturated heterocycles. The van der Waals surface area contributed by atoms with E-state index in [9.17, 15) is 13.2 Å². The standard InChI is InChI=1S/C26H25ClF5N3/c1-4-11-25(3,17-12-33-24-21(17)14(2)18(27)13-34-24)22-19(28)9-10-20(23(22)29)35-16-7-5-15(6-8-16)26(30,31)32/h5,7-10,12-13,15,35H,4,6,11H2,1-3H3,(H,33,34). The lowest BCUT2D eigenvalue weighted by Crippen LogP contribution is -2.27. The molecular weight excluding hydrogens is 485 g/mol. The van der Waals surface area contributed by atoms with Crippen molar-refractivity contribution in [2.75, 3.05) is 5.32 Å². The first-order valence-electron chi connectivity index (χ1n) is 11.3. The number of alkyl halides is 3. The van der Waals surface area contributed by atoms with Crippen molar-refractivity contribution in [2.45, 2.75) is 51.6 Å². The summed E-state index contributed by atoms with van der Waals surface area (Å²) < 4.78 is 70.1. The Labute approximate surface area is 205 Å². The number of benzene rings is 1. The molecule has 0 saturated carbocycles. The number of hydrogen-bond acceptors (Lipinski definition) is 2. The van der Waals surface area contributed by atoms with Gasteiger partial charge in [-0.15, -0.1) is 0 Å². The predicted octanol–water partition coefficient (Wildman–Crippen LogP) is 8.34. The molecule has 0 spiro atoms. The maximum absolute atomic E-state index is 16.0. The third-order valence-corrected chi connectivity index (χ3v) is 7.07. The Bertz CT molecular complexity index is 1320. The van der Waals surface area contributed by atoms with E-state index in [1.54, 1.807) is 13.1 Å². The zero-order valence-electron chi connectivity index (χ0n) is 19.5. The fourth-order valence-corrected chi connectivity index (χ4v) is 4.97. The van der Waals surface area contributed by atoms with Gasteiger partial charge in [-0.05, 0) is 49.1 Å². The monoisotopic (exact) mass is 509 g/mol. The molecule has 0 radical (unpaired) electrons. The van der Waals surface area contributed by atoms with Crippen LogP contribution < -0.4 is 5.32 Å². The van der Waals surface area contributed by atoms with Gasteiger partial charge in [0.05, 0.1) is 16.6 Å². The predicted molar refractivity (Wildman–Crippen MR) is 129 cm³/mol. The second-order valence-electron chi connectivity index (χ2n) is 9.05. The first-order valence-corrected chi connectivity index (χ1v) is 11.7. The van der Waals surface area contributed by atoms with Gasteiger partial charge in [0.1, 0.15) is 11.5 Å². The van der Waals surface area contributed by atoms with E-state index in [-0.39, 0.29) is 17.7 Å². The van der Waals surface area contributed by atoms with Crippen LogP contribution in [-0.4, -0.2) is 16.1 Å². The highest BCUT2D eigenvalue weighted by atomic mass is 35.5. The van der Waals surface area contributed by atoms with E-state index < -0.39 is 29.1 Å². The molecule has 9 heteroatoms. The molecule has 3 nitrogen and oxygen atoms in total. The number of hydrogen-bond donors (Lipinski definition) is 2. The van der Waals surface area contributed by atoms with Gasteiger partial charge in [0.2, 0.25) is 0 Å². The van der Waals surface area contributed by atoms with Gasteiger partial charge in [-0.1, -0.05) is 44.0 Å². The number of nitrogens with zero attached hydrogens (tertiary/aromatic N) is 1. The normalized spacial score (nSPS) is 18.0. The van der Waals surface area contributed by atoms with Crippen LogP contribution in [0, 0.1) is 24.5 Å². The molecule has 2 aromatic heterocycles. The number of nitrogens with one attached hydrogen (secondary N) is 2. The van der Waals surface area contributed by atoms with Gasteiger partial charge in [-0.2, -0.15) is 13.2 Å². The smallest absolute Gasteiger partial charge is 0.353 e. The third kappa shape index (κ3) is 4.56. The molecular formula is C26H25ClF5N3. The summed E-state index contributed by atoms with van der Waals surface area (Å²) in [6.07, 6.45) is 3.37. The van der Waals surface area contributed by atoms with Gasteiger partial charge >= 0.3 is 6.18 Å². The van der Waals surface area contributed by atoms with Crippen LogP contribution in [0.5, 0.6) is 0 Å². The number of pyridine rings is 1. The minimum Gasteiger partial charge on any atom is -0.353 e. The van der Waals surface area contributed by atoms with Crippen LogP contribution in [0.1, 0.15) is 49.8 Å². The Morgan fingerprint density at radius 3 is 2.60 bits per heavy atom. The summed E-state index contributed by atoms with van der Waals surface area (Å²) in [5, 5.41) is 3.99. The SMILES string of the molecule is CCCC(C)(c1c(F)ccc(NC2=CCC(C(F)(F)F)C=C2)c1F)c1c[nH]c2ncc(Cl)c(C)c12. The van der Waals surface area contributed by atoms with E-state index in [2.05, 4.69) is 15.3 Å². The quantitative estimate of drug-likeness (QED) is 0.328. The highest BCUT2D eigenvalue weighted by molar-refractivity contribution is 6.32. The minimum absolute atomic E-state index is 0.0159. The summed E-state index contributed by atoms with van der Waals surface area (Å²) in [6, 6.07) is 2.43. The Morgan fingerprint density at radius 2 is 1.97 bits per heavy atom. The van der Waals surface area contributed by atoms with E-state index in [0.29, 0.717) is 40.2 Å². The van der Waals surface area contributed by atoms with Crippen molar-refractivity contribution >= 4 is 28.3 Å². The number of H-pyrrole nitrogens is 1. The second kappa shape index (κ2) is 9.30. The molecule has 0 amide bonds. The molecule has 0 fully saturated rings. The van der Waals surface area contributed by atoms with Gasteiger partial charge in [0.15, 0.2) is 5.82 Å². The topological polar surface area (TPSA) is 40.7 Å². The molecule has 186 valence electrons. The lowest BCUT2D eigenvalue weighted by Gasteiger charge is -2.32. The van der Waals surface area contributed by atoms with Crippen molar-refractivity contribution in [3.63, 3.8) is 0 Å². The van der Waals surface area contributed by atoms with E-state index in [0.717, 1.165) is 11.6 Å². The number of rotatable bonds is 6. The Morgan fingerprint density at radius 1 is 1.23 bits per heavy atom. The number of halogens is 6. The lowest BCUT2D eigenvalue weighted by atomic mass is 9.72. The van der Waals surface area contributed by atoms with Crippen LogP contribution >= 0.6 is 11.6 Å². The number of fused-ring (bicyclic) bond motifs is 1. The first kappa shape index (κ1) is 25.2. The third-order valence-electron chi connectivity index (χ3n) is 6.69. The van der Waals surface area contributed by atoms with Crippen molar-refractivity contribution in [2.24, 2.45) is 5.92 Å². The number of aromatic amines is 1. The van der Waals surface area contributed by atoms with Crippen molar-refractivity contribution in [3.05, 3.63) is 81.8 Å². The van der Waals surface area contributed by atoms with Crippen LogP contribution in [-0.2, 0) is 5.41 Å². The van der Waals surface area contributed by atoms with Crippen LogP contribution in [0.2, 0.25) is 5.02 Å². The molecule has 2 unspecified atom stereocenters. The Balaban J connectivity index is 1.79. The Kier molecular flexibility index (Phi) is 6.70. The first-order chi connectivity index (χ1) is 16.5. The van der Waals surface area contributed by atoms with E-state index in [4.69, 9.17) is 11.6 Å². The molecule has 4 rings (SSSR count). The van der Waals surface area contributed by atoms with Crippen molar-refractivity contribution in [1.82, 2.24) is 9.97 Å². The van der Waals surface area contributed by atoms with Crippen molar-refractivity contribution < 1.29 is 22.0 Å². The highest BCUT2D eigenvalue weighted by Crippen LogP contribution is 2.45. The molecule has 1 aromatic carbocycles. The van der Waals surface area contributed by atoms with Crippen molar-refractivity contribution in [3.8, 4) is 0 Å². The Hall–Kier alpha value is -2.87. The summed E-state index contributed by atoms with van der Waals surface area (Å²) in [4.78, 5) is 7.40. The van der Waals surface area contributed by atoms with E-state index in [1.807, 2.05) is 13.8 Å². The fraction of sp³-hybridized carbons (Fsp3) is 0.346. The van der Waals surface area contributed by atoms with E-state index in [1.165, 1.54) is 30.5 Å². The van der Waals surface area contributed by atoms with Gasteiger partial charge in [-0.3, -0.25) is 0 Å². The van der Waals surface area contributed by atoms with Gasteiger partial charge in [0, 0.05) is 34.5 Å². The molecule has 0 aliphatic heterocycles. The fourth-order valence-electron chi connectivity index (χ4n) is 4.83. The molecule has 35 heavy (non-hydrogen) atoms. The molecule has 2 atom stereocenters. The summed E-state index contributed by atoms with van der Waals surface area (Å²) in [6.45, 7) is 5.53.